The lowest BCUT2D eigenvalue weighted by Crippen LogP contribution is -2.41. The molecule has 0 radical (unpaired) electrons. The summed E-state index contributed by atoms with van der Waals surface area (Å²) in [6.45, 7) is 0. The average Bonchev–Trinajstić information content (AvgIpc) is 2.48. The van der Waals surface area contributed by atoms with Gasteiger partial charge in [-0.05, 0) is 24.3 Å². The molecule has 0 aromatic carbocycles. The molecule has 3 nitrogen and oxygen atoms in total. The van der Waals surface area contributed by atoms with Gasteiger partial charge >= 0.3 is 0 Å². The third-order valence-corrected chi connectivity index (χ3v) is 3.45. The summed E-state index contributed by atoms with van der Waals surface area (Å²) >= 11 is 1.89. The van der Waals surface area contributed by atoms with Crippen LogP contribution in [-0.4, -0.2) is 34.3 Å². The van der Waals surface area contributed by atoms with E-state index in [2.05, 4.69) is 0 Å². The van der Waals surface area contributed by atoms with Gasteiger partial charge in [0.25, 0.3) is 11.8 Å². The monoisotopic (exact) mass is 197 g/mol. The minimum atomic E-state index is -0.137. The van der Waals surface area contributed by atoms with E-state index in [1.165, 1.54) is 17.1 Å². The van der Waals surface area contributed by atoms with Gasteiger partial charge in [0.15, 0.2) is 0 Å². The highest BCUT2D eigenvalue weighted by atomic mass is 32.2. The maximum absolute atomic E-state index is 11.3. The molecule has 0 unspecified atom stereocenters. The average molecular weight is 197 g/mol. The van der Waals surface area contributed by atoms with Gasteiger partial charge in [-0.25, -0.2) is 0 Å². The third kappa shape index (κ3) is 1.63. The first kappa shape index (κ1) is 8.81. The summed E-state index contributed by atoms with van der Waals surface area (Å²) in [4.78, 5) is 24.0. The van der Waals surface area contributed by atoms with E-state index in [9.17, 15) is 9.59 Å². The SMILES string of the molecule is O=C1C=CC(=O)N1C1CCSCC1. The van der Waals surface area contributed by atoms with Crippen molar-refractivity contribution in [3.63, 3.8) is 0 Å². The molecule has 0 aromatic rings. The lowest BCUT2D eigenvalue weighted by atomic mass is 10.1. The smallest absolute Gasteiger partial charge is 0.253 e. The van der Waals surface area contributed by atoms with Crippen LogP contribution in [0.1, 0.15) is 12.8 Å². The second-order valence-corrected chi connectivity index (χ2v) is 4.45. The summed E-state index contributed by atoms with van der Waals surface area (Å²) < 4.78 is 0. The molecule has 2 amide bonds. The largest absolute Gasteiger partial charge is 0.272 e. The van der Waals surface area contributed by atoms with Crippen LogP contribution in [0.5, 0.6) is 0 Å². The molecule has 2 rings (SSSR count). The molecule has 2 aliphatic rings. The standard InChI is InChI=1S/C9H11NO2S/c11-8-1-2-9(12)10(8)7-3-5-13-6-4-7/h1-2,7H,3-6H2. The Bertz CT molecular complexity index is 251. The van der Waals surface area contributed by atoms with Crippen molar-refractivity contribution >= 4 is 23.6 Å². The molecule has 4 heteroatoms. The maximum Gasteiger partial charge on any atom is 0.253 e. The number of nitrogens with zero attached hydrogens (tertiary/aromatic N) is 1. The predicted octanol–water partition coefficient (Wildman–Crippen LogP) is 0.807. The minimum absolute atomic E-state index is 0.137. The second-order valence-electron chi connectivity index (χ2n) is 3.22. The van der Waals surface area contributed by atoms with Gasteiger partial charge in [-0.3, -0.25) is 14.5 Å². The van der Waals surface area contributed by atoms with Crippen LogP contribution >= 0.6 is 11.8 Å². The van der Waals surface area contributed by atoms with Gasteiger partial charge in [0.05, 0.1) is 0 Å². The predicted molar refractivity (Wildman–Crippen MR) is 51.3 cm³/mol. The number of amides is 2. The number of carbonyl (C=O) groups is 2. The van der Waals surface area contributed by atoms with Crippen molar-refractivity contribution in [2.75, 3.05) is 11.5 Å². The fraction of sp³-hybridized carbons (Fsp3) is 0.556. The number of hydrogen-bond acceptors (Lipinski definition) is 3. The van der Waals surface area contributed by atoms with E-state index < -0.39 is 0 Å². The molecule has 0 N–H and O–H groups in total. The van der Waals surface area contributed by atoms with Crippen LogP contribution in [0, 0.1) is 0 Å². The second kappa shape index (κ2) is 3.54. The van der Waals surface area contributed by atoms with Crippen molar-refractivity contribution in [2.45, 2.75) is 18.9 Å². The van der Waals surface area contributed by atoms with E-state index in [4.69, 9.17) is 0 Å². The fourth-order valence-corrected chi connectivity index (χ4v) is 2.80. The van der Waals surface area contributed by atoms with Crippen LogP contribution in [0.2, 0.25) is 0 Å². The highest BCUT2D eigenvalue weighted by Crippen LogP contribution is 2.23. The van der Waals surface area contributed by atoms with Gasteiger partial charge in [-0.15, -0.1) is 0 Å². The van der Waals surface area contributed by atoms with Gasteiger partial charge in [-0.1, -0.05) is 0 Å². The topological polar surface area (TPSA) is 37.4 Å². The van der Waals surface area contributed by atoms with Crippen LogP contribution in [0.15, 0.2) is 12.2 Å². The van der Waals surface area contributed by atoms with Gasteiger partial charge in [-0.2, -0.15) is 11.8 Å². The summed E-state index contributed by atoms with van der Waals surface area (Å²) in [5.74, 6) is 1.84. The number of hydrogen-bond donors (Lipinski definition) is 0. The van der Waals surface area contributed by atoms with E-state index in [1.807, 2.05) is 11.8 Å². The van der Waals surface area contributed by atoms with E-state index >= 15 is 0 Å². The summed E-state index contributed by atoms with van der Waals surface area (Å²) in [5.41, 5.74) is 0. The van der Waals surface area contributed by atoms with Crippen LogP contribution in [0.4, 0.5) is 0 Å². The molecule has 0 spiro atoms. The summed E-state index contributed by atoms with van der Waals surface area (Å²) in [6.07, 6.45) is 4.63. The van der Waals surface area contributed by atoms with E-state index in [-0.39, 0.29) is 17.9 Å². The Morgan fingerprint density at radius 1 is 1.15 bits per heavy atom. The molecule has 0 aromatic heterocycles. The first-order chi connectivity index (χ1) is 6.29. The van der Waals surface area contributed by atoms with Crippen LogP contribution < -0.4 is 0 Å². The van der Waals surface area contributed by atoms with Crippen molar-refractivity contribution in [1.82, 2.24) is 4.90 Å². The molecule has 1 fully saturated rings. The Morgan fingerprint density at radius 2 is 1.69 bits per heavy atom. The number of carbonyl (C=O) groups excluding carboxylic acids is 2. The highest BCUT2D eigenvalue weighted by Gasteiger charge is 2.31. The van der Waals surface area contributed by atoms with Crippen LogP contribution in [0.25, 0.3) is 0 Å². The summed E-state index contributed by atoms with van der Waals surface area (Å²) in [5, 5.41) is 0. The normalized spacial score (nSPS) is 24.5. The Hall–Kier alpha value is -0.770. The molecule has 0 saturated carbocycles. The van der Waals surface area contributed by atoms with E-state index in [1.54, 1.807) is 0 Å². The Kier molecular flexibility index (Phi) is 2.40. The van der Waals surface area contributed by atoms with E-state index in [0.717, 1.165) is 24.3 Å². The summed E-state index contributed by atoms with van der Waals surface area (Å²) in [6, 6.07) is 0.149. The third-order valence-electron chi connectivity index (χ3n) is 2.40. The fourth-order valence-electron chi connectivity index (χ4n) is 1.72. The molecule has 13 heavy (non-hydrogen) atoms. The molecule has 0 atom stereocenters. The molecule has 0 bridgehead atoms. The van der Waals surface area contributed by atoms with Gasteiger partial charge in [0.2, 0.25) is 0 Å². The van der Waals surface area contributed by atoms with Crippen molar-refractivity contribution in [2.24, 2.45) is 0 Å². The number of imide groups is 1. The molecule has 2 aliphatic heterocycles. The van der Waals surface area contributed by atoms with Gasteiger partial charge in [0.1, 0.15) is 0 Å². The minimum Gasteiger partial charge on any atom is -0.272 e. The molecule has 70 valence electrons. The Labute approximate surface area is 81.2 Å². The van der Waals surface area contributed by atoms with Crippen molar-refractivity contribution in [1.29, 1.82) is 0 Å². The highest BCUT2D eigenvalue weighted by molar-refractivity contribution is 7.99. The van der Waals surface area contributed by atoms with Crippen LogP contribution in [-0.2, 0) is 9.59 Å². The zero-order chi connectivity index (χ0) is 9.26. The lowest BCUT2D eigenvalue weighted by Gasteiger charge is -2.28. The van der Waals surface area contributed by atoms with Gasteiger partial charge < -0.3 is 0 Å². The van der Waals surface area contributed by atoms with Crippen molar-refractivity contribution < 1.29 is 9.59 Å². The zero-order valence-corrected chi connectivity index (χ0v) is 8.05. The maximum atomic E-state index is 11.3. The molecule has 1 saturated heterocycles. The molecule has 0 aliphatic carbocycles. The number of thioether (sulfide) groups is 1. The Morgan fingerprint density at radius 3 is 2.23 bits per heavy atom. The number of rotatable bonds is 1. The quantitative estimate of drug-likeness (QED) is 0.584. The molecule has 2 heterocycles. The lowest BCUT2D eigenvalue weighted by molar-refractivity contribution is -0.139. The first-order valence-corrected chi connectivity index (χ1v) is 5.57. The zero-order valence-electron chi connectivity index (χ0n) is 7.23. The summed E-state index contributed by atoms with van der Waals surface area (Å²) in [7, 11) is 0. The van der Waals surface area contributed by atoms with Crippen molar-refractivity contribution in [3.8, 4) is 0 Å². The molecular formula is C9H11NO2S. The van der Waals surface area contributed by atoms with Gasteiger partial charge in [0, 0.05) is 18.2 Å². The molecular weight excluding hydrogens is 186 g/mol. The van der Waals surface area contributed by atoms with Crippen molar-refractivity contribution in [3.05, 3.63) is 12.2 Å². The first-order valence-electron chi connectivity index (χ1n) is 4.42. The van der Waals surface area contributed by atoms with Crippen LogP contribution in [0.3, 0.4) is 0 Å². The van der Waals surface area contributed by atoms with E-state index in [0.29, 0.717) is 0 Å². The Balaban J connectivity index is 2.07.